The van der Waals surface area contributed by atoms with Crippen molar-refractivity contribution in [2.75, 3.05) is 13.2 Å². The maximum Gasteiger partial charge on any atom is 0.322 e. The molecule has 4 aliphatic carbocycles. The molecule has 36 heavy (non-hydrogen) atoms. The molecule has 9 heteroatoms. The van der Waals surface area contributed by atoms with Gasteiger partial charge < -0.3 is 20.3 Å². The van der Waals surface area contributed by atoms with Crippen molar-refractivity contribution >= 4 is 29.4 Å². The molecule has 0 unspecified atom stereocenters. The zero-order valence-corrected chi connectivity index (χ0v) is 21.1. The Balaban J connectivity index is 1.37. The number of aliphatic carboxylic acids is 1. The molecule has 9 nitrogen and oxygen atoms in total. The molecule has 0 saturated heterocycles. The van der Waals surface area contributed by atoms with Gasteiger partial charge in [0.1, 0.15) is 12.1 Å². The molecule has 0 radical (unpaired) electrons. The lowest BCUT2D eigenvalue weighted by atomic mass is 9.46. The molecular weight excluding hydrogens is 466 g/mol. The summed E-state index contributed by atoms with van der Waals surface area (Å²) >= 11 is 0. The summed E-state index contributed by atoms with van der Waals surface area (Å²) in [5.74, 6) is -1.79. The van der Waals surface area contributed by atoms with Crippen LogP contribution in [0.1, 0.15) is 78.1 Å². The number of hydrogen-bond acceptors (Lipinski definition) is 7. The molecular formula is C27H37NO8. The van der Waals surface area contributed by atoms with Crippen LogP contribution >= 0.6 is 0 Å². The third kappa shape index (κ3) is 4.51. The molecule has 1 amide bonds. The van der Waals surface area contributed by atoms with Gasteiger partial charge in [0, 0.05) is 18.3 Å². The molecule has 198 valence electrons. The summed E-state index contributed by atoms with van der Waals surface area (Å²) in [6.07, 6.45) is 7.32. The topological polar surface area (TPSA) is 147 Å². The minimum absolute atomic E-state index is 0.00909. The van der Waals surface area contributed by atoms with Gasteiger partial charge in [-0.1, -0.05) is 19.4 Å². The predicted molar refractivity (Wildman–Crippen MR) is 128 cm³/mol. The van der Waals surface area contributed by atoms with Crippen molar-refractivity contribution in [2.24, 2.45) is 28.6 Å². The van der Waals surface area contributed by atoms with E-state index in [1.54, 1.807) is 0 Å². The Bertz CT molecular complexity index is 1000. The minimum atomic E-state index is -1.57. The normalized spacial score (nSPS) is 37.1. The number of carbonyl (C=O) groups is 5. The number of carbonyl (C=O) groups excluding carboxylic acids is 4. The monoisotopic (exact) mass is 503 g/mol. The Kier molecular flexibility index (Phi) is 7.16. The first-order chi connectivity index (χ1) is 16.9. The third-order valence-electron chi connectivity index (χ3n) is 9.93. The highest BCUT2D eigenvalue weighted by Crippen LogP contribution is 2.67. The van der Waals surface area contributed by atoms with Crippen molar-refractivity contribution in [3.8, 4) is 0 Å². The molecule has 3 saturated carbocycles. The number of ether oxygens (including phenoxy) is 1. The molecule has 4 rings (SSSR count). The van der Waals surface area contributed by atoms with Crippen LogP contribution < -0.4 is 5.32 Å². The van der Waals surface area contributed by atoms with E-state index >= 15 is 0 Å². The lowest BCUT2D eigenvalue weighted by Gasteiger charge is -2.58. The van der Waals surface area contributed by atoms with E-state index in [0.29, 0.717) is 31.1 Å². The average molecular weight is 504 g/mol. The Hall–Kier alpha value is -2.55. The van der Waals surface area contributed by atoms with Gasteiger partial charge in [0.25, 0.3) is 0 Å². The number of carboxylic acids is 1. The van der Waals surface area contributed by atoms with Crippen molar-refractivity contribution < 1.29 is 38.9 Å². The van der Waals surface area contributed by atoms with Gasteiger partial charge in [0.15, 0.2) is 12.4 Å². The molecule has 0 spiro atoms. The highest BCUT2D eigenvalue weighted by atomic mass is 16.5. The number of allylic oxidation sites excluding steroid dienone is 1. The summed E-state index contributed by atoms with van der Waals surface area (Å²) in [5.41, 5.74) is -0.885. The minimum Gasteiger partial charge on any atom is -0.480 e. The fourth-order valence-corrected chi connectivity index (χ4v) is 7.85. The molecule has 3 N–H and O–H groups in total. The van der Waals surface area contributed by atoms with Gasteiger partial charge in [-0.05, 0) is 74.2 Å². The van der Waals surface area contributed by atoms with Gasteiger partial charge in [-0.25, -0.2) is 0 Å². The van der Waals surface area contributed by atoms with E-state index in [9.17, 15) is 29.1 Å². The Labute approximate surface area is 211 Å². The van der Waals surface area contributed by atoms with E-state index in [1.165, 1.54) is 5.57 Å². The molecule has 4 aliphatic rings. The van der Waals surface area contributed by atoms with E-state index in [2.05, 4.69) is 12.2 Å². The number of aliphatic hydroxyl groups is 1. The van der Waals surface area contributed by atoms with Gasteiger partial charge in [-0.3, -0.25) is 24.0 Å². The number of hydrogen-bond donors (Lipinski definition) is 3. The zero-order valence-electron chi connectivity index (χ0n) is 21.1. The van der Waals surface area contributed by atoms with Gasteiger partial charge in [-0.15, -0.1) is 0 Å². The van der Waals surface area contributed by atoms with Gasteiger partial charge >= 0.3 is 11.9 Å². The van der Waals surface area contributed by atoms with Crippen molar-refractivity contribution in [1.29, 1.82) is 0 Å². The van der Waals surface area contributed by atoms with E-state index < -0.39 is 47.8 Å². The van der Waals surface area contributed by atoms with Crippen LogP contribution in [-0.4, -0.2) is 58.4 Å². The van der Waals surface area contributed by atoms with E-state index in [1.807, 2.05) is 13.0 Å². The summed E-state index contributed by atoms with van der Waals surface area (Å²) in [4.78, 5) is 59.4. The number of amides is 1. The van der Waals surface area contributed by atoms with Crippen LogP contribution in [0.25, 0.3) is 0 Å². The van der Waals surface area contributed by atoms with Gasteiger partial charge in [-0.2, -0.15) is 0 Å². The average Bonchev–Trinajstić information content (AvgIpc) is 3.12. The molecule has 6 atom stereocenters. The molecule has 0 bridgehead atoms. The molecule has 0 heterocycles. The highest BCUT2D eigenvalue weighted by molar-refractivity contribution is 5.92. The molecule has 0 aromatic rings. The number of nitrogens with one attached hydrogen (secondary N) is 1. The number of carboxylic acid groups (broad SMARTS) is 1. The SMILES string of the molecule is C[C@]12CC[C@@H]3[C@H](CCC4=CC(=O)CC[C@]43C)[C@H]1CC[C@@]2(O)C(=O)COC(=O)CCC(=O)NCC(=O)O. The lowest BCUT2D eigenvalue weighted by molar-refractivity contribution is -0.170. The largest absolute Gasteiger partial charge is 0.480 e. The van der Waals surface area contributed by atoms with Crippen LogP contribution in [0.5, 0.6) is 0 Å². The van der Waals surface area contributed by atoms with E-state index in [-0.39, 0.29) is 30.0 Å². The van der Waals surface area contributed by atoms with Crippen LogP contribution in [0, 0.1) is 28.6 Å². The van der Waals surface area contributed by atoms with E-state index in [0.717, 1.165) is 32.1 Å². The third-order valence-corrected chi connectivity index (χ3v) is 9.93. The first-order valence-electron chi connectivity index (χ1n) is 13.0. The van der Waals surface area contributed by atoms with Crippen molar-refractivity contribution in [3.63, 3.8) is 0 Å². The Morgan fingerprint density at radius 3 is 2.47 bits per heavy atom. The second kappa shape index (κ2) is 9.72. The summed E-state index contributed by atoms with van der Waals surface area (Å²) in [5, 5.41) is 22.4. The quantitative estimate of drug-likeness (QED) is 0.428. The zero-order chi connectivity index (χ0) is 26.3. The van der Waals surface area contributed by atoms with Crippen LogP contribution in [0.15, 0.2) is 11.6 Å². The number of esters is 1. The summed E-state index contributed by atoms with van der Waals surface area (Å²) in [6.45, 7) is 3.22. The molecule has 0 aromatic carbocycles. The summed E-state index contributed by atoms with van der Waals surface area (Å²) in [7, 11) is 0. The maximum atomic E-state index is 13.2. The van der Waals surface area contributed by atoms with Crippen molar-refractivity contribution in [1.82, 2.24) is 5.32 Å². The molecule has 0 aliphatic heterocycles. The van der Waals surface area contributed by atoms with E-state index in [4.69, 9.17) is 9.84 Å². The number of ketones is 2. The number of rotatable bonds is 8. The molecule has 0 aromatic heterocycles. The number of fused-ring (bicyclic) bond motifs is 5. The second-order valence-electron chi connectivity index (χ2n) is 11.6. The van der Waals surface area contributed by atoms with Crippen molar-refractivity contribution in [3.05, 3.63) is 11.6 Å². The fraction of sp³-hybridized carbons (Fsp3) is 0.741. The van der Waals surface area contributed by atoms with Crippen LogP contribution in [0.3, 0.4) is 0 Å². The summed E-state index contributed by atoms with van der Waals surface area (Å²) in [6, 6.07) is 0. The smallest absolute Gasteiger partial charge is 0.322 e. The van der Waals surface area contributed by atoms with Crippen LogP contribution in [0.2, 0.25) is 0 Å². The second-order valence-corrected chi connectivity index (χ2v) is 11.6. The Morgan fingerprint density at radius 1 is 1.03 bits per heavy atom. The van der Waals surface area contributed by atoms with Gasteiger partial charge in [0.05, 0.1) is 6.42 Å². The van der Waals surface area contributed by atoms with Crippen molar-refractivity contribution in [2.45, 2.75) is 83.7 Å². The molecule has 3 fully saturated rings. The Morgan fingerprint density at radius 2 is 1.75 bits per heavy atom. The standard InChI is InChI=1S/C27H37NO8/c1-25-10-7-17(29)13-16(25)3-4-18-19(25)8-11-26(2)20(18)9-12-27(26,35)21(30)15-36-24(34)6-5-22(31)28-14-23(32)33/h13,18-20,35H,3-12,14-15H2,1-2H3,(H,28,31)(H,32,33)/t18-,19+,20+,25+,26-,27+/m0/s1. The highest BCUT2D eigenvalue weighted by Gasteiger charge is 2.66. The first-order valence-corrected chi connectivity index (χ1v) is 13.0. The maximum absolute atomic E-state index is 13.2. The van der Waals surface area contributed by atoms with Crippen LogP contribution in [-0.2, 0) is 28.7 Å². The number of Topliss-reactive ketones (excluding diaryl/α,β-unsaturated/α-hetero) is 1. The fourth-order valence-electron chi connectivity index (χ4n) is 7.85. The first kappa shape index (κ1) is 26.5. The summed E-state index contributed by atoms with van der Waals surface area (Å²) < 4.78 is 5.10. The lowest BCUT2D eigenvalue weighted by Crippen LogP contribution is -2.58. The van der Waals surface area contributed by atoms with Crippen LogP contribution in [0.4, 0.5) is 0 Å². The predicted octanol–water partition coefficient (Wildman–Crippen LogP) is 2.34. The van der Waals surface area contributed by atoms with Gasteiger partial charge in [0.2, 0.25) is 11.7 Å².